The molecular formula is C15H14N4O. The van der Waals surface area contributed by atoms with Crippen molar-refractivity contribution < 1.29 is 4.74 Å². The van der Waals surface area contributed by atoms with E-state index in [1.807, 2.05) is 37.3 Å². The van der Waals surface area contributed by atoms with Gasteiger partial charge >= 0.3 is 0 Å². The van der Waals surface area contributed by atoms with Crippen molar-refractivity contribution in [3.63, 3.8) is 0 Å². The molecule has 5 nitrogen and oxygen atoms in total. The number of anilines is 1. The van der Waals surface area contributed by atoms with Gasteiger partial charge in [-0.15, -0.1) is 0 Å². The normalized spacial score (nSPS) is 10.7. The summed E-state index contributed by atoms with van der Waals surface area (Å²) in [4.78, 5) is 13.1. The molecule has 20 heavy (non-hydrogen) atoms. The lowest BCUT2D eigenvalue weighted by Gasteiger charge is -2.08. The molecule has 2 aromatic heterocycles. The van der Waals surface area contributed by atoms with Gasteiger partial charge in [-0.3, -0.25) is 4.98 Å². The molecule has 0 fully saturated rings. The number of nitrogens with zero attached hydrogens (tertiary/aromatic N) is 3. The molecule has 0 bridgehead atoms. The van der Waals surface area contributed by atoms with Crippen molar-refractivity contribution in [1.82, 2.24) is 15.0 Å². The highest BCUT2D eigenvalue weighted by Crippen LogP contribution is 2.26. The summed E-state index contributed by atoms with van der Waals surface area (Å²) >= 11 is 0. The summed E-state index contributed by atoms with van der Waals surface area (Å²) in [5.74, 6) is 1.08. The number of pyridine rings is 1. The summed E-state index contributed by atoms with van der Waals surface area (Å²) in [7, 11) is 0. The van der Waals surface area contributed by atoms with Gasteiger partial charge in [-0.25, -0.2) is 9.97 Å². The topological polar surface area (TPSA) is 73.9 Å². The highest BCUT2D eigenvalue weighted by atomic mass is 16.5. The van der Waals surface area contributed by atoms with Gasteiger partial charge in [0.15, 0.2) is 5.82 Å². The molecule has 0 aliphatic rings. The van der Waals surface area contributed by atoms with Gasteiger partial charge in [0.05, 0.1) is 23.8 Å². The zero-order chi connectivity index (χ0) is 13.9. The van der Waals surface area contributed by atoms with Crippen LogP contribution in [0.1, 0.15) is 6.92 Å². The number of nitrogens with two attached hydrogens (primary N) is 1. The number of benzene rings is 1. The standard InChI is InChI=1S/C15H14N4O/c1-2-20-11-7-10(8-17-9-11)14-15(16)19-13-6-4-3-5-12(13)18-14/h3-9H,2H2,1H3,(H2,16,19). The van der Waals surface area contributed by atoms with E-state index in [0.29, 0.717) is 23.9 Å². The molecule has 0 saturated carbocycles. The monoisotopic (exact) mass is 266 g/mol. The molecule has 0 aliphatic carbocycles. The van der Waals surface area contributed by atoms with Crippen LogP contribution in [0, 0.1) is 0 Å². The second-order valence-corrected chi connectivity index (χ2v) is 4.29. The number of nitrogen functional groups attached to an aromatic ring is 1. The van der Waals surface area contributed by atoms with E-state index < -0.39 is 0 Å². The summed E-state index contributed by atoms with van der Waals surface area (Å²) < 4.78 is 5.44. The molecule has 0 unspecified atom stereocenters. The SMILES string of the molecule is CCOc1cncc(-c2nc3ccccc3nc2N)c1. The number of rotatable bonds is 3. The fourth-order valence-corrected chi connectivity index (χ4v) is 2.02. The Hall–Kier alpha value is -2.69. The summed E-state index contributed by atoms with van der Waals surface area (Å²) in [6.07, 6.45) is 3.37. The van der Waals surface area contributed by atoms with Gasteiger partial charge in [0.2, 0.25) is 0 Å². The molecular weight excluding hydrogens is 252 g/mol. The highest BCUT2D eigenvalue weighted by molar-refractivity contribution is 5.82. The maximum atomic E-state index is 6.00. The molecule has 2 heterocycles. The van der Waals surface area contributed by atoms with Crippen LogP contribution in [0.15, 0.2) is 42.7 Å². The molecule has 1 aromatic carbocycles. The minimum atomic E-state index is 0.388. The predicted octanol–water partition coefficient (Wildman–Crippen LogP) is 2.67. The number of ether oxygens (including phenoxy) is 1. The molecule has 0 saturated heterocycles. The predicted molar refractivity (Wildman–Crippen MR) is 78.4 cm³/mol. The van der Waals surface area contributed by atoms with Crippen molar-refractivity contribution in [2.24, 2.45) is 0 Å². The van der Waals surface area contributed by atoms with E-state index in [9.17, 15) is 0 Å². The number of aromatic nitrogens is 3. The lowest BCUT2D eigenvalue weighted by Crippen LogP contribution is -1.99. The van der Waals surface area contributed by atoms with Crippen LogP contribution >= 0.6 is 0 Å². The second kappa shape index (κ2) is 5.13. The number of hydrogen-bond acceptors (Lipinski definition) is 5. The zero-order valence-corrected chi connectivity index (χ0v) is 11.1. The Bertz CT molecular complexity index is 758. The molecule has 2 N–H and O–H groups in total. The summed E-state index contributed by atoms with van der Waals surface area (Å²) in [5.41, 5.74) is 9.01. The summed E-state index contributed by atoms with van der Waals surface area (Å²) in [6.45, 7) is 2.51. The summed E-state index contributed by atoms with van der Waals surface area (Å²) in [5, 5.41) is 0. The van der Waals surface area contributed by atoms with Crippen LogP contribution in [0.2, 0.25) is 0 Å². The first kappa shape index (κ1) is 12.3. The largest absolute Gasteiger partial charge is 0.492 e. The van der Waals surface area contributed by atoms with Gasteiger partial charge in [0.25, 0.3) is 0 Å². The zero-order valence-electron chi connectivity index (χ0n) is 11.1. The molecule has 5 heteroatoms. The Morgan fingerprint density at radius 3 is 2.60 bits per heavy atom. The lowest BCUT2D eigenvalue weighted by atomic mass is 10.2. The van der Waals surface area contributed by atoms with Crippen LogP contribution in [-0.2, 0) is 0 Å². The third-order valence-corrected chi connectivity index (χ3v) is 2.90. The van der Waals surface area contributed by atoms with Gasteiger partial charge in [0, 0.05) is 11.8 Å². The smallest absolute Gasteiger partial charge is 0.150 e. The van der Waals surface area contributed by atoms with Crippen LogP contribution in [0.4, 0.5) is 5.82 Å². The molecule has 0 amide bonds. The van der Waals surface area contributed by atoms with E-state index in [1.165, 1.54) is 0 Å². The van der Waals surface area contributed by atoms with Gasteiger partial charge < -0.3 is 10.5 Å². The van der Waals surface area contributed by atoms with Crippen molar-refractivity contribution in [2.75, 3.05) is 12.3 Å². The number of para-hydroxylation sites is 2. The molecule has 3 rings (SSSR count). The number of fused-ring (bicyclic) bond motifs is 1. The number of hydrogen-bond donors (Lipinski definition) is 1. The average molecular weight is 266 g/mol. The van der Waals surface area contributed by atoms with E-state index in [4.69, 9.17) is 10.5 Å². The fraction of sp³-hybridized carbons (Fsp3) is 0.133. The lowest BCUT2D eigenvalue weighted by molar-refractivity contribution is 0.339. The fourth-order valence-electron chi connectivity index (χ4n) is 2.02. The van der Waals surface area contributed by atoms with Crippen LogP contribution in [0.3, 0.4) is 0 Å². The molecule has 0 atom stereocenters. The minimum Gasteiger partial charge on any atom is -0.492 e. The van der Waals surface area contributed by atoms with E-state index >= 15 is 0 Å². The Morgan fingerprint density at radius 1 is 1.10 bits per heavy atom. The van der Waals surface area contributed by atoms with Gasteiger partial charge in [-0.1, -0.05) is 12.1 Å². The minimum absolute atomic E-state index is 0.388. The van der Waals surface area contributed by atoms with E-state index in [2.05, 4.69) is 15.0 Å². The van der Waals surface area contributed by atoms with Gasteiger partial charge in [-0.05, 0) is 25.1 Å². The van der Waals surface area contributed by atoms with Crippen LogP contribution in [-0.4, -0.2) is 21.6 Å². The Kier molecular flexibility index (Phi) is 3.16. The van der Waals surface area contributed by atoms with Crippen LogP contribution in [0.25, 0.3) is 22.3 Å². The molecule has 0 radical (unpaired) electrons. The van der Waals surface area contributed by atoms with Crippen LogP contribution in [0.5, 0.6) is 5.75 Å². The summed E-state index contributed by atoms with van der Waals surface area (Å²) in [6, 6.07) is 9.49. The first-order valence-electron chi connectivity index (χ1n) is 6.38. The maximum absolute atomic E-state index is 6.00. The first-order chi connectivity index (χ1) is 9.78. The third kappa shape index (κ3) is 2.25. The molecule has 0 aliphatic heterocycles. The van der Waals surface area contributed by atoms with E-state index in [0.717, 1.165) is 16.6 Å². The van der Waals surface area contributed by atoms with E-state index in [1.54, 1.807) is 12.4 Å². The van der Waals surface area contributed by atoms with Gasteiger partial charge in [0.1, 0.15) is 11.4 Å². The van der Waals surface area contributed by atoms with Crippen LogP contribution < -0.4 is 10.5 Å². The average Bonchev–Trinajstić information content (AvgIpc) is 2.47. The maximum Gasteiger partial charge on any atom is 0.150 e. The van der Waals surface area contributed by atoms with Crippen molar-refractivity contribution in [3.05, 3.63) is 42.7 Å². The second-order valence-electron chi connectivity index (χ2n) is 4.29. The highest BCUT2D eigenvalue weighted by Gasteiger charge is 2.09. The van der Waals surface area contributed by atoms with Crippen molar-refractivity contribution in [3.8, 4) is 17.0 Å². The Balaban J connectivity index is 2.13. The van der Waals surface area contributed by atoms with Crippen molar-refractivity contribution >= 4 is 16.9 Å². The Labute approximate surface area is 116 Å². The Morgan fingerprint density at radius 2 is 1.85 bits per heavy atom. The quantitative estimate of drug-likeness (QED) is 0.789. The van der Waals surface area contributed by atoms with Crippen molar-refractivity contribution in [2.45, 2.75) is 6.92 Å². The molecule has 3 aromatic rings. The third-order valence-electron chi connectivity index (χ3n) is 2.90. The first-order valence-corrected chi connectivity index (χ1v) is 6.38. The van der Waals surface area contributed by atoms with Crippen molar-refractivity contribution in [1.29, 1.82) is 0 Å². The van der Waals surface area contributed by atoms with E-state index in [-0.39, 0.29) is 0 Å². The van der Waals surface area contributed by atoms with Gasteiger partial charge in [-0.2, -0.15) is 0 Å². The molecule has 0 spiro atoms. The molecule has 100 valence electrons.